The molecule has 1 rings (SSSR count). The van der Waals surface area contributed by atoms with Crippen molar-refractivity contribution in [2.75, 3.05) is 0 Å². The molecule has 1 aliphatic carbocycles. The van der Waals surface area contributed by atoms with Gasteiger partial charge in [0, 0.05) is 6.08 Å². The topological polar surface area (TPSA) is 26.3 Å². The lowest BCUT2D eigenvalue weighted by atomic mass is 10.6. The molecule has 0 aromatic rings. The van der Waals surface area contributed by atoms with E-state index < -0.39 is 0 Å². The highest BCUT2D eigenvalue weighted by atomic mass is 28.1. The number of rotatable bonds is 2. The molecule has 9 heavy (non-hydrogen) atoms. The van der Waals surface area contributed by atoms with Crippen molar-refractivity contribution >= 4 is 16.2 Å². The van der Waals surface area contributed by atoms with Gasteiger partial charge in [0.2, 0.25) is 0 Å². The second-order valence-corrected chi connectivity index (χ2v) is 4.40. The van der Waals surface area contributed by atoms with E-state index in [1.165, 1.54) is 6.08 Å². The molecule has 0 amide bonds. The lowest BCUT2D eigenvalue weighted by molar-refractivity contribution is -0.140. The molecule has 0 heterocycles. The third-order valence-electron chi connectivity index (χ3n) is 1.47. The first kappa shape index (κ1) is 6.55. The van der Waals surface area contributed by atoms with E-state index in [0.717, 1.165) is 23.1 Å². The van der Waals surface area contributed by atoms with E-state index in [2.05, 4.69) is 6.58 Å². The Balaban J connectivity index is 2.33. The third kappa shape index (κ3) is 1.68. The first-order valence-electron chi connectivity index (χ1n) is 3.02. The normalized spacial score (nSPS) is 20.9. The molecule has 0 N–H and O–H groups in total. The smallest absolute Gasteiger partial charge is 0.330 e. The maximum atomic E-state index is 10.5. The molecule has 3 heteroatoms. The van der Waals surface area contributed by atoms with Gasteiger partial charge in [-0.15, -0.1) is 0 Å². The zero-order chi connectivity index (χ0) is 6.91. The van der Waals surface area contributed by atoms with E-state index in [1.54, 1.807) is 0 Å². The molecular formula is C6H10O2Si. The third-order valence-corrected chi connectivity index (χ3v) is 2.67. The lowest BCUT2D eigenvalue weighted by Gasteiger charge is -2.06. The molecule has 0 aliphatic heterocycles. The monoisotopic (exact) mass is 142 g/mol. The van der Waals surface area contributed by atoms with Crippen LogP contribution in [-0.2, 0) is 9.53 Å². The molecule has 50 valence electrons. The van der Waals surface area contributed by atoms with Crippen molar-refractivity contribution in [3.8, 4) is 0 Å². The molecule has 0 spiro atoms. The summed E-state index contributed by atoms with van der Waals surface area (Å²) in [4.78, 5) is 10.5. The van der Waals surface area contributed by atoms with Crippen molar-refractivity contribution in [2.24, 2.45) is 0 Å². The summed E-state index contributed by atoms with van der Waals surface area (Å²) in [5.74, 6) is -0.275. The minimum Gasteiger partial charge on any atom is -0.461 e. The molecular weight excluding hydrogens is 132 g/mol. The van der Waals surface area contributed by atoms with Crippen molar-refractivity contribution in [2.45, 2.75) is 18.1 Å². The Morgan fingerprint density at radius 2 is 2.33 bits per heavy atom. The van der Waals surface area contributed by atoms with Crippen LogP contribution in [-0.4, -0.2) is 21.4 Å². The van der Waals surface area contributed by atoms with E-state index in [9.17, 15) is 4.79 Å². The van der Waals surface area contributed by atoms with Crippen molar-refractivity contribution in [3.05, 3.63) is 12.7 Å². The van der Waals surface area contributed by atoms with Crippen molar-refractivity contribution < 1.29 is 9.53 Å². The molecule has 0 unspecified atom stereocenters. The molecule has 1 aliphatic rings. The standard InChI is InChI=1S/C6H10O2Si/c1-2-5(7)8-6(9)3-4-6/h2H,1,3-4H2,9H3. The van der Waals surface area contributed by atoms with Gasteiger partial charge in [0.05, 0.1) is 15.5 Å². The van der Waals surface area contributed by atoms with Gasteiger partial charge in [-0.05, 0) is 12.8 Å². The van der Waals surface area contributed by atoms with E-state index in [-0.39, 0.29) is 11.2 Å². The van der Waals surface area contributed by atoms with Crippen molar-refractivity contribution in [1.82, 2.24) is 0 Å². The highest BCUT2D eigenvalue weighted by Gasteiger charge is 2.40. The minimum atomic E-state index is -0.275. The maximum Gasteiger partial charge on any atom is 0.330 e. The molecule has 0 aromatic heterocycles. The van der Waals surface area contributed by atoms with Crippen LogP contribution < -0.4 is 0 Å². The zero-order valence-corrected chi connectivity index (χ0v) is 7.52. The fraction of sp³-hybridized carbons (Fsp3) is 0.500. The molecule has 0 bridgehead atoms. The van der Waals surface area contributed by atoms with Gasteiger partial charge in [0.1, 0.15) is 0 Å². The number of hydrogen-bond donors (Lipinski definition) is 0. The number of carbonyl (C=O) groups excluding carboxylic acids is 1. The van der Waals surface area contributed by atoms with Crippen molar-refractivity contribution in [1.29, 1.82) is 0 Å². The van der Waals surface area contributed by atoms with Crippen LogP contribution in [0.3, 0.4) is 0 Å². The first-order valence-corrected chi connectivity index (χ1v) is 4.02. The number of ether oxygens (including phenoxy) is 1. The Hall–Kier alpha value is -0.573. The molecule has 1 fully saturated rings. The zero-order valence-electron chi connectivity index (χ0n) is 5.52. The first-order chi connectivity index (χ1) is 4.16. The minimum absolute atomic E-state index is 0.00866. The highest BCUT2D eigenvalue weighted by Crippen LogP contribution is 2.35. The molecule has 0 atom stereocenters. The molecule has 1 saturated carbocycles. The van der Waals surface area contributed by atoms with Crippen LogP contribution in [0.5, 0.6) is 0 Å². The van der Waals surface area contributed by atoms with Crippen LogP contribution in [0, 0.1) is 0 Å². The van der Waals surface area contributed by atoms with Gasteiger partial charge in [-0.1, -0.05) is 6.58 Å². The summed E-state index contributed by atoms with van der Waals surface area (Å²) >= 11 is 0. The van der Waals surface area contributed by atoms with Gasteiger partial charge in [0.15, 0.2) is 0 Å². The number of hydrogen-bond acceptors (Lipinski definition) is 2. The largest absolute Gasteiger partial charge is 0.461 e. The van der Waals surface area contributed by atoms with Gasteiger partial charge in [-0.25, -0.2) is 4.79 Å². The molecule has 2 nitrogen and oxygen atoms in total. The summed E-state index contributed by atoms with van der Waals surface area (Å²) in [5.41, 5.74) is 0. The number of carbonyl (C=O) groups is 1. The van der Waals surface area contributed by atoms with Crippen LogP contribution in [0.4, 0.5) is 0 Å². The van der Waals surface area contributed by atoms with Gasteiger partial charge < -0.3 is 4.74 Å². The summed E-state index contributed by atoms with van der Waals surface area (Å²) in [5, 5.41) is -0.00866. The fourth-order valence-corrected chi connectivity index (χ4v) is 1.01. The lowest BCUT2D eigenvalue weighted by Crippen LogP contribution is -2.17. The van der Waals surface area contributed by atoms with E-state index in [0.29, 0.717) is 0 Å². The molecule has 0 aromatic carbocycles. The molecule has 0 radical (unpaired) electrons. The van der Waals surface area contributed by atoms with Crippen LogP contribution in [0.15, 0.2) is 12.7 Å². The Bertz CT molecular complexity index is 149. The van der Waals surface area contributed by atoms with E-state index >= 15 is 0 Å². The summed E-state index contributed by atoms with van der Waals surface area (Å²) in [6, 6.07) is 0. The number of esters is 1. The average Bonchev–Trinajstić information content (AvgIpc) is 2.48. The van der Waals surface area contributed by atoms with Gasteiger partial charge in [0.25, 0.3) is 0 Å². The predicted molar refractivity (Wildman–Crippen MR) is 38.2 cm³/mol. The summed E-state index contributed by atoms with van der Waals surface area (Å²) in [7, 11) is 0.951. The molecule has 0 saturated heterocycles. The second-order valence-electron chi connectivity index (χ2n) is 2.58. The summed E-state index contributed by atoms with van der Waals surface area (Å²) in [6.07, 6.45) is 3.33. The Morgan fingerprint density at radius 1 is 1.78 bits per heavy atom. The van der Waals surface area contributed by atoms with Gasteiger partial charge >= 0.3 is 5.97 Å². The Kier molecular flexibility index (Phi) is 1.44. The van der Waals surface area contributed by atoms with E-state index in [1.807, 2.05) is 0 Å². The highest BCUT2D eigenvalue weighted by molar-refractivity contribution is 6.17. The SMILES string of the molecule is C=CC(=O)OC1([SiH3])CC1. The average molecular weight is 142 g/mol. The van der Waals surface area contributed by atoms with Crippen LogP contribution in [0.25, 0.3) is 0 Å². The summed E-state index contributed by atoms with van der Waals surface area (Å²) < 4.78 is 5.00. The van der Waals surface area contributed by atoms with Crippen LogP contribution in [0.1, 0.15) is 12.8 Å². The predicted octanol–water partition coefficient (Wildman–Crippen LogP) is -0.429. The maximum absolute atomic E-state index is 10.5. The van der Waals surface area contributed by atoms with E-state index in [4.69, 9.17) is 4.74 Å². The quantitative estimate of drug-likeness (QED) is 0.297. The second kappa shape index (κ2) is 1.99. The van der Waals surface area contributed by atoms with Crippen molar-refractivity contribution in [3.63, 3.8) is 0 Å². The van der Waals surface area contributed by atoms with Gasteiger partial charge in [-0.2, -0.15) is 0 Å². The van der Waals surface area contributed by atoms with Crippen LogP contribution in [0.2, 0.25) is 0 Å². The fourth-order valence-electron chi connectivity index (χ4n) is 0.563. The van der Waals surface area contributed by atoms with Crippen LogP contribution >= 0.6 is 0 Å². The van der Waals surface area contributed by atoms with Gasteiger partial charge in [-0.3, -0.25) is 0 Å². The Labute approximate surface area is 57.3 Å². The summed E-state index contributed by atoms with van der Waals surface area (Å²) in [6.45, 7) is 3.31. The Morgan fingerprint density at radius 3 is 2.67 bits per heavy atom.